The fourth-order valence-electron chi connectivity index (χ4n) is 2.27. The topological polar surface area (TPSA) is 69.4 Å². The van der Waals surface area contributed by atoms with Crippen molar-refractivity contribution in [3.05, 3.63) is 35.9 Å². The minimum absolute atomic E-state index is 0.134. The van der Waals surface area contributed by atoms with Crippen LogP contribution in [-0.2, 0) is 15.1 Å². The number of ether oxygens (including phenoxy) is 2. The molecule has 1 N–H and O–H groups in total. The molecule has 0 radical (unpaired) electrons. The molecule has 1 aliphatic heterocycles. The normalized spacial score (nSPS) is 30.4. The van der Waals surface area contributed by atoms with E-state index in [1.54, 1.807) is 0 Å². The highest BCUT2D eigenvalue weighted by Crippen LogP contribution is 2.58. The Bertz CT molecular complexity index is 480. The molecule has 17 heavy (non-hydrogen) atoms. The van der Waals surface area contributed by atoms with E-state index >= 15 is 0 Å². The first kappa shape index (κ1) is 11.6. The lowest BCUT2D eigenvalue weighted by Gasteiger charge is -2.13. The molecule has 0 spiro atoms. The molecule has 1 aromatic carbocycles. The molecule has 0 aliphatic carbocycles. The third-order valence-electron chi connectivity index (χ3n) is 3.27. The molecule has 0 amide bonds. The average Bonchev–Trinajstić information content (AvgIpc) is 3.10. The number of epoxide rings is 1. The van der Waals surface area contributed by atoms with Crippen molar-refractivity contribution in [3.8, 4) is 6.07 Å². The Hall–Kier alpha value is -1.86. The van der Waals surface area contributed by atoms with Crippen molar-refractivity contribution in [3.63, 3.8) is 0 Å². The van der Waals surface area contributed by atoms with E-state index in [0.29, 0.717) is 6.42 Å². The van der Waals surface area contributed by atoms with Gasteiger partial charge in [-0.2, -0.15) is 5.26 Å². The van der Waals surface area contributed by atoms with Crippen LogP contribution < -0.4 is 0 Å². The number of benzene rings is 1. The second-order valence-corrected chi connectivity index (χ2v) is 3.97. The summed E-state index contributed by atoms with van der Waals surface area (Å²) in [6, 6.07) is 11.6. The van der Waals surface area contributed by atoms with Gasteiger partial charge in [0.1, 0.15) is 11.7 Å². The molecule has 1 saturated heterocycles. The van der Waals surface area contributed by atoms with Crippen molar-refractivity contribution in [1.82, 2.24) is 0 Å². The van der Waals surface area contributed by atoms with Crippen LogP contribution in [0.25, 0.3) is 0 Å². The molecule has 1 aliphatic rings. The van der Waals surface area contributed by atoms with Gasteiger partial charge in [-0.15, -0.1) is 0 Å². The maximum atomic E-state index is 9.29. The van der Waals surface area contributed by atoms with E-state index in [1.807, 2.05) is 37.3 Å². The number of nitriles is 1. The zero-order valence-electron chi connectivity index (χ0n) is 9.86. The van der Waals surface area contributed by atoms with Gasteiger partial charge in [-0.1, -0.05) is 37.3 Å². The quantitative estimate of drug-likeness (QED) is 0.491. The summed E-state index contributed by atoms with van der Waals surface area (Å²) in [6.07, 6.45) is 0.621. The molecule has 0 bridgehead atoms. The van der Waals surface area contributed by atoms with E-state index in [1.165, 1.54) is 7.11 Å². The van der Waals surface area contributed by atoms with Gasteiger partial charge in [0, 0.05) is 0 Å². The van der Waals surface area contributed by atoms with Gasteiger partial charge >= 0.3 is 0 Å². The first-order chi connectivity index (χ1) is 8.16. The van der Waals surface area contributed by atoms with Crippen LogP contribution in [0.1, 0.15) is 18.9 Å². The van der Waals surface area contributed by atoms with Crippen molar-refractivity contribution >= 4 is 5.90 Å². The van der Waals surface area contributed by atoms with Crippen LogP contribution in [0.15, 0.2) is 30.3 Å². The van der Waals surface area contributed by atoms with Crippen LogP contribution in [0.4, 0.5) is 0 Å². The van der Waals surface area contributed by atoms with Gasteiger partial charge in [0.25, 0.3) is 5.60 Å². The second kappa shape index (κ2) is 3.86. The summed E-state index contributed by atoms with van der Waals surface area (Å²) >= 11 is 0. The van der Waals surface area contributed by atoms with Crippen LogP contribution in [0, 0.1) is 16.7 Å². The predicted molar refractivity (Wildman–Crippen MR) is 62.6 cm³/mol. The second-order valence-electron chi connectivity index (χ2n) is 3.97. The number of rotatable bonds is 3. The summed E-state index contributed by atoms with van der Waals surface area (Å²) in [5.74, 6) is -0.134. The van der Waals surface area contributed by atoms with Crippen LogP contribution in [0.3, 0.4) is 0 Å². The van der Waals surface area contributed by atoms with Gasteiger partial charge in [0.15, 0.2) is 0 Å². The predicted octanol–water partition coefficient (Wildman–Crippen LogP) is 2.21. The lowest BCUT2D eigenvalue weighted by molar-refractivity contribution is 0.277. The molecule has 4 nitrogen and oxygen atoms in total. The zero-order valence-corrected chi connectivity index (χ0v) is 9.86. The van der Waals surface area contributed by atoms with E-state index in [9.17, 15) is 5.26 Å². The Morgan fingerprint density at radius 2 is 2.12 bits per heavy atom. The fraction of sp³-hybridized carbons (Fsp3) is 0.385. The third-order valence-corrected chi connectivity index (χ3v) is 3.27. The maximum absolute atomic E-state index is 9.29. The molecule has 88 valence electrons. The first-order valence-electron chi connectivity index (χ1n) is 5.47. The highest BCUT2D eigenvalue weighted by atomic mass is 16.7. The minimum Gasteiger partial charge on any atom is -0.481 e. The van der Waals surface area contributed by atoms with E-state index in [2.05, 4.69) is 6.07 Å². The highest BCUT2D eigenvalue weighted by molar-refractivity contribution is 5.91. The van der Waals surface area contributed by atoms with Crippen molar-refractivity contribution in [1.29, 1.82) is 10.7 Å². The average molecular weight is 230 g/mol. The van der Waals surface area contributed by atoms with E-state index in [4.69, 9.17) is 14.9 Å². The largest absolute Gasteiger partial charge is 0.481 e. The molecule has 0 aromatic heterocycles. The maximum Gasteiger partial charge on any atom is 0.264 e. The number of methoxy groups -OCH3 is 1. The van der Waals surface area contributed by atoms with Crippen LogP contribution in [0.5, 0.6) is 0 Å². The number of hydrogen-bond donors (Lipinski definition) is 1. The molecule has 2 atom stereocenters. The first-order valence-corrected chi connectivity index (χ1v) is 5.47. The van der Waals surface area contributed by atoms with Gasteiger partial charge in [-0.05, 0) is 12.0 Å². The third kappa shape index (κ3) is 1.36. The van der Waals surface area contributed by atoms with Crippen LogP contribution in [-0.4, -0.2) is 18.6 Å². The molecule has 1 aromatic rings. The summed E-state index contributed by atoms with van der Waals surface area (Å²) in [5.41, 5.74) is -1.10. The number of hydrogen-bond acceptors (Lipinski definition) is 4. The summed E-state index contributed by atoms with van der Waals surface area (Å²) < 4.78 is 10.5. The van der Waals surface area contributed by atoms with E-state index < -0.39 is 11.2 Å². The lowest BCUT2D eigenvalue weighted by Crippen LogP contribution is -2.31. The summed E-state index contributed by atoms with van der Waals surface area (Å²) in [7, 11) is 1.38. The Kier molecular flexibility index (Phi) is 2.64. The van der Waals surface area contributed by atoms with Gasteiger partial charge in [-0.25, -0.2) is 0 Å². The van der Waals surface area contributed by atoms with Crippen LogP contribution >= 0.6 is 0 Å². The Balaban J connectivity index is 2.45. The minimum atomic E-state index is -1.27. The highest BCUT2D eigenvalue weighted by Gasteiger charge is 2.75. The van der Waals surface area contributed by atoms with Gasteiger partial charge in [0.05, 0.1) is 7.11 Å². The molecule has 4 heteroatoms. The van der Waals surface area contributed by atoms with Crippen LogP contribution in [0.2, 0.25) is 0 Å². The summed E-state index contributed by atoms with van der Waals surface area (Å²) in [6.45, 7) is 1.94. The molecule has 0 saturated carbocycles. The molecule has 0 unspecified atom stereocenters. The Morgan fingerprint density at radius 3 is 2.59 bits per heavy atom. The molecule has 1 fully saturated rings. The molecule has 2 rings (SSSR count). The smallest absolute Gasteiger partial charge is 0.264 e. The Labute approximate surface area is 100 Å². The fourth-order valence-corrected chi connectivity index (χ4v) is 2.27. The van der Waals surface area contributed by atoms with Gasteiger partial charge in [0.2, 0.25) is 5.90 Å². The van der Waals surface area contributed by atoms with Crippen molar-refractivity contribution < 1.29 is 9.47 Å². The zero-order chi connectivity index (χ0) is 12.5. The van der Waals surface area contributed by atoms with Crippen molar-refractivity contribution in [2.45, 2.75) is 24.5 Å². The Morgan fingerprint density at radius 1 is 1.47 bits per heavy atom. The SMILES string of the molecule is CC[C@@]1(c2ccccc2)O[C@]1(C#N)C(=N)OC. The van der Waals surface area contributed by atoms with Gasteiger partial charge in [-0.3, -0.25) is 5.41 Å². The standard InChI is InChI=1S/C13H14N2O2/c1-3-12(10-7-5-4-6-8-10)13(9-14,17-12)11(15)16-2/h4-8,15H,3H2,1-2H3/t12-,13+/m0/s1. The molecular weight excluding hydrogens is 216 g/mol. The van der Waals surface area contributed by atoms with Crippen molar-refractivity contribution in [2.24, 2.45) is 0 Å². The molecule has 1 heterocycles. The monoisotopic (exact) mass is 230 g/mol. The summed E-state index contributed by atoms with van der Waals surface area (Å²) in [4.78, 5) is 0. The number of nitrogens with one attached hydrogen (secondary N) is 1. The van der Waals surface area contributed by atoms with E-state index in [-0.39, 0.29) is 5.90 Å². The lowest BCUT2D eigenvalue weighted by atomic mass is 9.84. The number of nitrogens with zero attached hydrogens (tertiary/aromatic N) is 1. The summed E-state index contributed by atoms with van der Waals surface area (Å²) in [5, 5.41) is 17.0. The van der Waals surface area contributed by atoms with Gasteiger partial charge < -0.3 is 9.47 Å². The van der Waals surface area contributed by atoms with Crippen molar-refractivity contribution in [2.75, 3.05) is 7.11 Å². The molecular formula is C13H14N2O2. The van der Waals surface area contributed by atoms with E-state index in [0.717, 1.165) is 5.56 Å².